The lowest BCUT2D eigenvalue weighted by atomic mass is 9.78. The van der Waals surface area contributed by atoms with Crippen LogP contribution in [0, 0.1) is 0 Å². The molecule has 4 aliphatic carbocycles. The van der Waals surface area contributed by atoms with Gasteiger partial charge in [-0.3, -0.25) is 0 Å². The van der Waals surface area contributed by atoms with Gasteiger partial charge in [0.15, 0.2) is 22.3 Å². The molecule has 4 heterocycles. The van der Waals surface area contributed by atoms with Gasteiger partial charge < -0.3 is 37.3 Å². The Hall–Kier alpha value is -15.1. The fourth-order valence-corrected chi connectivity index (χ4v) is 26.3. The summed E-state index contributed by atoms with van der Waals surface area (Å²) in [6, 6.07) is 133. The van der Waals surface area contributed by atoms with Gasteiger partial charge in [-0.1, -0.05) is 346 Å². The second-order valence-electron chi connectivity index (χ2n) is 41.2. The van der Waals surface area contributed by atoms with E-state index in [0.29, 0.717) is 23.7 Å². The number of hydrogen-bond acceptors (Lipinski definition) is 8. The average molecular weight is 1800 g/mol. The van der Waals surface area contributed by atoms with Crippen LogP contribution in [0.5, 0.6) is 0 Å². The highest BCUT2D eigenvalue weighted by Gasteiger charge is 2.35. The standard InChI is InChI=1S/C131H108N4O4/c1-131(2,89-65-69-93(70-66-89)134(117-55-27-51-105-101-47-23-43-97(125(101)138-129(105)117)83-33-13-5-14-34-83)113-79-63-87-57-73-107-111(77-61-85-59-75-109(113)121(87)119(85)107)132(91-37-17-7-18-38-91)115-53-25-49-103-99-45-21-41-95(123(99)136-127(103)115)81-29-9-3-10-30-81)90-67-71-94(72-68-90)135(118-56-28-52-106-102-48-24-44-98(126(102)139-130(106)118)84-35-15-6-16-36-84)114-80-64-88-58-74-108-112(78-62-86-60-76-110(114)122(88)120(86)108)133(92-39-19-8-20-40-92)116-54-26-50-104-100-46-22-42-96(124(100)137-128(104)116)82-31-11-4-12-32-82/h7-8,17-28,37-84H,3-6,9-16,29-36H2,1-2H3. The summed E-state index contributed by atoms with van der Waals surface area (Å²) >= 11 is 0. The summed E-state index contributed by atoms with van der Waals surface area (Å²) in [4.78, 5) is 9.92. The van der Waals surface area contributed by atoms with Gasteiger partial charge in [0, 0.05) is 92.8 Å². The lowest BCUT2D eigenvalue weighted by Crippen LogP contribution is -2.19. The molecule has 0 unspecified atom stereocenters. The second kappa shape index (κ2) is 33.1. The maximum absolute atomic E-state index is 7.57. The zero-order chi connectivity index (χ0) is 91.7. The maximum atomic E-state index is 7.57. The van der Waals surface area contributed by atoms with Crippen molar-refractivity contribution in [3.05, 3.63) is 385 Å². The number of nitrogens with zero attached hydrogens (tertiary/aromatic N) is 4. The van der Waals surface area contributed by atoms with E-state index >= 15 is 0 Å². The van der Waals surface area contributed by atoms with Crippen LogP contribution in [0.4, 0.5) is 68.2 Å². The van der Waals surface area contributed by atoms with Gasteiger partial charge in [-0.05, 0) is 249 Å². The van der Waals surface area contributed by atoms with Crippen LogP contribution in [-0.4, -0.2) is 0 Å². The number of hydrogen-bond donors (Lipinski definition) is 0. The molecule has 4 aromatic heterocycles. The van der Waals surface area contributed by atoms with Crippen LogP contribution in [0.25, 0.3) is 152 Å². The van der Waals surface area contributed by atoms with E-state index < -0.39 is 5.41 Å². The van der Waals surface area contributed by atoms with Crippen LogP contribution >= 0.6 is 0 Å². The zero-order valence-corrected chi connectivity index (χ0v) is 78.9. The molecular weight excluding hydrogens is 1690 g/mol. The van der Waals surface area contributed by atoms with Crippen LogP contribution in [0.1, 0.15) is 199 Å². The Kier molecular flexibility index (Phi) is 19.6. The van der Waals surface area contributed by atoms with Gasteiger partial charge in [0.25, 0.3) is 0 Å². The van der Waals surface area contributed by atoms with Gasteiger partial charge >= 0.3 is 0 Å². The molecule has 4 saturated carbocycles. The van der Waals surface area contributed by atoms with Crippen molar-refractivity contribution in [1.29, 1.82) is 0 Å². The molecule has 139 heavy (non-hydrogen) atoms. The number of para-hydroxylation sites is 10. The molecule has 0 saturated heterocycles. The largest absolute Gasteiger partial charge is 0.454 e. The van der Waals surface area contributed by atoms with Crippen molar-refractivity contribution >= 4 is 221 Å². The molecule has 24 aromatic rings. The number of anilines is 12. The number of fused-ring (bicyclic) bond motifs is 12. The van der Waals surface area contributed by atoms with E-state index in [1.165, 1.54) is 226 Å². The summed E-state index contributed by atoms with van der Waals surface area (Å²) in [5.74, 6) is 1.89. The van der Waals surface area contributed by atoms with Crippen molar-refractivity contribution in [3.8, 4) is 0 Å². The minimum atomic E-state index is -0.465. The molecule has 4 aliphatic rings. The number of rotatable bonds is 18. The summed E-state index contributed by atoms with van der Waals surface area (Å²) in [5, 5.41) is 23.5. The van der Waals surface area contributed by atoms with E-state index in [1.54, 1.807) is 0 Å². The van der Waals surface area contributed by atoms with Crippen molar-refractivity contribution in [2.45, 2.75) is 171 Å². The van der Waals surface area contributed by atoms with Gasteiger partial charge in [0.05, 0.1) is 45.5 Å². The SMILES string of the molecule is CC(C)(c1ccc(N(c2ccc3ccc4c(N(c5ccccc5)c5cccc6c5oc5c(C7CCCCC7)cccc56)ccc5ccc2c3c54)c2cccc3c2oc2c(C4CCCCC4)cccc23)cc1)c1ccc(N(c2ccc3ccc4c(N(c5ccccc5)c5cccc6c5oc5c(C7CCCCC7)cccc56)ccc5ccc2c3c54)c2cccc3c2oc2c(C4CCCCC4)cccc23)cc1. The fourth-order valence-electron chi connectivity index (χ4n) is 26.3. The molecule has 4 fully saturated rings. The zero-order valence-electron chi connectivity index (χ0n) is 78.9. The van der Waals surface area contributed by atoms with E-state index in [2.05, 4.69) is 385 Å². The van der Waals surface area contributed by atoms with E-state index in [0.717, 1.165) is 156 Å². The van der Waals surface area contributed by atoms with E-state index in [9.17, 15) is 0 Å². The first kappa shape index (κ1) is 82.2. The third kappa shape index (κ3) is 13.2. The van der Waals surface area contributed by atoms with Crippen LogP contribution in [0.3, 0.4) is 0 Å². The van der Waals surface area contributed by atoms with E-state index in [-0.39, 0.29) is 0 Å². The fraction of sp³-hybridized carbons (Fsp3) is 0.206. The van der Waals surface area contributed by atoms with Crippen molar-refractivity contribution in [1.82, 2.24) is 0 Å². The second-order valence-corrected chi connectivity index (χ2v) is 41.2. The molecule has 28 rings (SSSR count). The highest BCUT2D eigenvalue weighted by molar-refractivity contribution is 6.31. The molecule has 0 aliphatic heterocycles. The predicted molar refractivity (Wildman–Crippen MR) is 584 cm³/mol. The highest BCUT2D eigenvalue weighted by atomic mass is 16.3. The van der Waals surface area contributed by atoms with Crippen molar-refractivity contribution in [2.75, 3.05) is 19.6 Å². The Morgan fingerprint density at radius 1 is 0.180 bits per heavy atom. The van der Waals surface area contributed by atoms with Crippen molar-refractivity contribution < 1.29 is 17.7 Å². The molecule has 0 atom stereocenters. The Bertz CT molecular complexity index is 8400. The lowest BCUT2D eigenvalue weighted by Gasteiger charge is -2.31. The molecule has 0 radical (unpaired) electrons. The number of furan rings is 4. The topological polar surface area (TPSA) is 65.5 Å². The van der Waals surface area contributed by atoms with Gasteiger partial charge in [0.2, 0.25) is 0 Å². The van der Waals surface area contributed by atoms with Crippen molar-refractivity contribution in [3.63, 3.8) is 0 Å². The molecule has 8 nitrogen and oxygen atoms in total. The molecular formula is C131H108N4O4. The first-order chi connectivity index (χ1) is 68.7. The van der Waals surface area contributed by atoms with Gasteiger partial charge in [-0.15, -0.1) is 0 Å². The van der Waals surface area contributed by atoms with Crippen LogP contribution in [-0.2, 0) is 5.41 Å². The van der Waals surface area contributed by atoms with Crippen LogP contribution in [0.2, 0.25) is 0 Å². The molecule has 0 amide bonds. The Balaban J connectivity index is 0.583. The summed E-state index contributed by atoms with van der Waals surface area (Å²) in [6.45, 7) is 4.78. The average Bonchev–Trinajstić information content (AvgIpc) is 1.56. The predicted octanol–water partition coefficient (Wildman–Crippen LogP) is 39.5. The van der Waals surface area contributed by atoms with Gasteiger partial charge in [-0.2, -0.15) is 0 Å². The molecule has 8 heteroatoms. The van der Waals surface area contributed by atoms with Crippen molar-refractivity contribution in [2.24, 2.45) is 0 Å². The van der Waals surface area contributed by atoms with Crippen LogP contribution in [0.15, 0.2) is 370 Å². The third-order valence-corrected chi connectivity index (χ3v) is 33.2. The summed E-state index contributed by atoms with van der Waals surface area (Å²) in [6.07, 6.45) is 24.7. The Morgan fingerprint density at radius 3 is 0.640 bits per heavy atom. The molecule has 0 spiro atoms. The summed E-state index contributed by atoms with van der Waals surface area (Å²) in [5.41, 5.74) is 27.5. The molecule has 0 N–H and O–H groups in total. The minimum absolute atomic E-state index is 0.455. The molecule has 676 valence electrons. The summed E-state index contributed by atoms with van der Waals surface area (Å²) < 4.78 is 29.9. The highest BCUT2D eigenvalue weighted by Crippen LogP contribution is 2.57. The van der Waals surface area contributed by atoms with Gasteiger partial charge in [0.1, 0.15) is 22.3 Å². The molecule has 20 aromatic carbocycles. The monoisotopic (exact) mass is 1800 g/mol. The maximum Gasteiger partial charge on any atom is 0.159 e. The first-order valence-electron chi connectivity index (χ1n) is 51.4. The lowest BCUT2D eigenvalue weighted by molar-refractivity contribution is 0.442. The third-order valence-electron chi connectivity index (χ3n) is 33.2. The van der Waals surface area contributed by atoms with E-state index in [4.69, 9.17) is 17.7 Å². The van der Waals surface area contributed by atoms with Gasteiger partial charge in [-0.25, -0.2) is 0 Å². The first-order valence-corrected chi connectivity index (χ1v) is 51.4. The normalized spacial score (nSPS) is 15.4. The smallest absolute Gasteiger partial charge is 0.159 e. The molecule has 0 bridgehead atoms. The summed E-state index contributed by atoms with van der Waals surface area (Å²) in [7, 11) is 0. The van der Waals surface area contributed by atoms with Crippen LogP contribution < -0.4 is 19.6 Å². The Labute approximate surface area is 808 Å². The Morgan fingerprint density at radius 2 is 0.396 bits per heavy atom. The minimum Gasteiger partial charge on any atom is -0.454 e. The van der Waals surface area contributed by atoms with E-state index in [1.807, 2.05) is 0 Å². The number of benzene rings is 20. The quantitative estimate of drug-likeness (QED) is 0.0788.